The number of amides is 1. The van der Waals surface area contributed by atoms with Gasteiger partial charge in [-0.1, -0.05) is 46.1 Å². The zero-order valence-electron chi connectivity index (χ0n) is 26.8. The van der Waals surface area contributed by atoms with E-state index in [1.807, 2.05) is 13.8 Å². The number of anilines is 1. The Morgan fingerprint density at radius 1 is 1.23 bits per heavy atom. The summed E-state index contributed by atoms with van der Waals surface area (Å²) in [6.07, 6.45) is 10.4. The van der Waals surface area contributed by atoms with Gasteiger partial charge in [-0.3, -0.25) is 9.52 Å². The van der Waals surface area contributed by atoms with E-state index in [2.05, 4.69) is 60.5 Å². The first-order valence-corrected chi connectivity index (χ1v) is 18.5. The third-order valence-corrected chi connectivity index (χ3v) is 12.2. The Morgan fingerprint density at radius 3 is 2.48 bits per heavy atom. The third-order valence-electron chi connectivity index (χ3n) is 8.30. The molecule has 0 radical (unpaired) electrons. The molecule has 0 spiro atoms. The van der Waals surface area contributed by atoms with Crippen LogP contribution in [0.15, 0.2) is 60.7 Å². The van der Waals surface area contributed by atoms with Crippen LogP contribution in [0, 0.1) is 11.3 Å². The molecule has 44 heavy (non-hydrogen) atoms. The lowest BCUT2D eigenvalue weighted by molar-refractivity contribution is -0.190. The van der Waals surface area contributed by atoms with E-state index in [-0.39, 0.29) is 42.5 Å². The van der Waals surface area contributed by atoms with Crippen LogP contribution in [-0.2, 0) is 0 Å². The Balaban J connectivity index is 0.00000259. The van der Waals surface area contributed by atoms with Crippen LogP contribution in [0.3, 0.4) is 0 Å². The van der Waals surface area contributed by atoms with E-state index in [1.165, 1.54) is 4.68 Å². The number of carbonyl (C=O) groups is 1. The van der Waals surface area contributed by atoms with Gasteiger partial charge in [0.1, 0.15) is 5.82 Å². The summed E-state index contributed by atoms with van der Waals surface area (Å²) < 4.78 is 49.8. The van der Waals surface area contributed by atoms with Crippen molar-refractivity contribution in [3.8, 4) is 11.7 Å². The summed E-state index contributed by atoms with van der Waals surface area (Å²) in [6.45, 7) is 16.6. The number of ether oxygens (including phenoxy) is 1. The predicted octanol–water partition coefficient (Wildman–Crippen LogP) is 8.30. The molecule has 2 aromatic rings. The molecular weight excluding hydrogens is 608 g/mol. The molecule has 2 fully saturated rings. The summed E-state index contributed by atoms with van der Waals surface area (Å²) in [6, 6.07) is 5.05. The van der Waals surface area contributed by atoms with Crippen LogP contribution in [0.2, 0.25) is 0 Å². The average Bonchev–Trinajstić information content (AvgIpc) is 3.51. The third kappa shape index (κ3) is 7.67. The van der Waals surface area contributed by atoms with Crippen LogP contribution in [0.1, 0.15) is 63.7 Å². The van der Waals surface area contributed by atoms with E-state index in [9.17, 15) is 18.0 Å². The highest BCUT2D eigenvalue weighted by Crippen LogP contribution is 2.60. The second-order valence-corrected chi connectivity index (χ2v) is 17.4. The molecule has 1 amide bonds. The molecule has 7 nitrogen and oxygen atoms in total. The van der Waals surface area contributed by atoms with Crippen molar-refractivity contribution < 1.29 is 22.7 Å². The first-order chi connectivity index (χ1) is 20.6. The zero-order valence-corrected chi connectivity index (χ0v) is 28.5. The van der Waals surface area contributed by atoms with Crippen molar-refractivity contribution in [2.45, 2.75) is 64.4 Å². The molecule has 1 N–H and O–H groups in total. The highest BCUT2D eigenvalue weighted by atomic mass is 32.3. The monoisotopic (exact) mass is 653 g/mol. The maximum atomic E-state index is 13.5. The van der Waals surface area contributed by atoms with E-state index < -0.39 is 21.6 Å². The number of pyridine rings is 1. The molecule has 0 aromatic carbocycles. The fourth-order valence-corrected chi connectivity index (χ4v) is 7.45. The molecule has 12 heteroatoms. The minimum Gasteiger partial charge on any atom is -0.477 e. The van der Waals surface area contributed by atoms with Gasteiger partial charge >= 0.3 is 6.18 Å². The van der Waals surface area contributed by atoms with Gasteiger partial charge in [0.25, 0.3) is 5.91 Å². The normalized spacial score (nSPS) is 21.6. The van der Waals surface area contributed by atoms with Gasteiger partial charge in [0.15, 0.2) is 5.82 Å². The van der Waals surface area contributed by atoms with Crippen molar-refractivity contribution in [2.75, 3.05) is 36.8 Å². The lowest BCUT2D eigenvalue weighted by Crippen LogP contribution is -2.46. The SMILES string of the molecule is C=C/C=C(\C=C)SNC(=O)c1ccc(-n2ccc(OCCC3(C(F)(F)F)CC3)n2)nc1N1CC(C)CC1(C)S(C)(C)C.CC. The Bertz CT molecular complexity index is 1360. The minimum absolute atomic E-state index is 0.0721. The number of alkyl halides is 3. The van der Waals surface area contributed by atoms with Crippen LogP contribution in [0.25, 0.3) is 5.82 Å². The van der Waals surface area contributed by atoms with Gasteiger partial charge in [-0.25, -0.2) is 19.7 Å². The molecule has 4 rings (SSSR count). The highest BCUT2D eigenvalue weighted by Gasteiger charge is 2.62. The second-order valence-electron chi connectivity index (χ2n) is 12.0. The number of aromatic nitrogens is 3. The van der Waals surface area contributed by atoms with Crippen molar-refractivity contribution in [3.05, 3.63) is 66.3 Å². The van der Waals surface area contributed by atoms with Crippen LogP contribution in [0.4, 0.5) is 19.0 Å². The predicted molar refractivity (Wildman–Crippen MR) is 179 cm³/mol. The number of rotatable bonds is 12. The molecule has 2 aliphatic rings. The molecule has 0 bridgehead atoms. The van der Waals surface area contributed by atoms with Crippen LogP contribution >= 0.6 is 22.0 Å². The molecule has 1 aliphatic heterocycles. The van der Waals surface area contributed by atoms with Gasteiger partial charge in [-0.05, 0) is 87.4 Å². The molecule has 3 heterocycles. The summed E-state index contributed by atoms with van der Waals surface area (Å²) in [4.78, 5) is 21.3. The largest absolute Gasteiger partial charge is 0.477 e. The summed E-state index contributed by atoms with van der Waals surface area (Å²) in [5, 5.41) is 4.42. The molecule has 244 valence electrons. The fraction of sp³-hybridized carbons (Fsp3) is 0.531. The van der Waals surface area contributed by atoms with Crippen LogP contribution in [0.5, 0.6) is 5.88 Å². The Morgan fingerprint density at radius 2 is 1.91 bits per heavy atom. The van der Waals surface area contributed by atoms with Crippen molar-refractivity contribution in [1.29, 1.82) is 0 Å². The van der Waals surface area contributed by atoms with Gasteiger partial charge in [-0.2, -0.15) is 13.2 Å². The number of nitrogens with one attached hydrogen (secondary N) is 1. The van der Waals surface area contributed by atoms with Crippen LogP contribution < -0.4 is 14.4 Å². The lowest BCUT2D eigenvalue weighted by atomic mass is 10.0. The van der Waals surface area contributed by atoms with Crippen molar-refractivity contribution in [1.82, 2.24) is 19.5 Å². The molecule has 2 unspecified atom stereocenters. The zero-order chi connectivity index (χ0) is 32.9. The van der Waals surface area contributed by atoms with E-state index in [0.717, 1.165) is 29.8 Å². The number of allylic oxidation sites excluding steroid dienone is 3. The summed E-state index contributed by atoms with van der Waals surface area (Å²) in [5.74, 6) is 1.37. The van der Waals surface area contributed by atoms with E-state index in [4.69, 9.17) is 9.72 Å². The van der Waals surface area contributed by atoms with E-state index >= 15 is 0 Å². The Kier molecular flexibility index (Phi) is 11.4. The summed E-state index contributed by atoms with van der Waals surface area (Å²) in [5.41, 5.74) is -1.19. The number of hydrogen-bond donors (Lipinski definition) is 1. The minimum atomic E-state index is -4.21. The average molecular weight is 654 g/mol. The van der Waals surface area contributed by atoms with Gasteiger partial charge in [0, 0.05) is 23.7 Å². The molecule has 1 saturated carbocycles. The lowest BCUT2D eigenvalue weighted by Gasteiger charge is -2.50. The highest BCUT2D eigenvalue weighted by molar-refractivity contribution is 8.33. The Hall–Kier alpha value is -2.86. The van der Waals surface area contributed by atoms with Crippen molar-refractivity contribution in [2.24, 2.45) is 11.3 Å². The first kappa shape index (κ1) is 35.6. The van der Waals surface area contributed by atoms with Crippen molar-refractivity contribution >= 4 is 33.7 Å². The first-order valence-electron chi connectivity index (χ1n) is 14.8. The molecule has 2 aromatic heterocycles. The topological polar surface area (TPSA) is 72.3 Å². The van der Waals surface area contributed by atoms with Gasteiger partial charge in [0.05, 0.1) is 22.5 Å². The standard InChI is InChI=1S/C30H40F3N5O2S2.C2H6/c1-8-10-22(9-2)41-36-27(39)23-11-12-24(34-26(23)37-20-21(3)19-28(37,4)42(5,6)7)38-17-13-25(35-38)40-18-16-29(14-15-29)30(31,32)33;1-2/h8-13,17,21H,1-2,14-16,18-20H2,3-7H3,(H,36,39);1-2H3/b22-10+;. The molecule has 1 saturated heterocycles. The van der Waals surface area contributed by atoms with E-state index in [0.29, 0.717) is 23.1 Å². The van der Waals surface area contributed by atoms with Crippen molar-refractivity contribution in [3.63, 3.8) is 0 Å². The Labute approximate surface area is 265 Å². The molecule has 2 atom stereocenters. The molecular formula is C32H46F3N5O2S2. The number of halogens is 3. The second kappa shape index (κ2) is 14.1. The van der Waals surface area contributed by atoms with Gasteiger partial charge in [-0.15, -0.1) is 5.10 Å². The van der Waals surface area contributed by atoms with Gasteiger partial charge < -0.3 is 9.64 Å². The smallest absolute Gasteiger partial charge is 0.394 e. The van der Waals surface area contributed by atoms with Gasteiger partial charge in [0.2, 0.25) is 5.88 Å². The van der Waals surface area contributed by atoms with E-state index in [1.54, 1.807) is 42.6 Å². The number of hydrogen-bond acceptors (Lipinski definition) is 6. The number of nitrogens with zero attached hydrogens (tertiary/aromatic N) is 4. The van der Waals surface area contributed by atoms with Crippen LogP contribution in [-0.4, -0.2) is 63.6 Å². The maximum Gasteiger partial charge on any atom is 0.394 e. The molecule has 1 aliphatic carbocycles. The quantitative estimate of drug-likeness (QED) is 0.184. The summed E-state index contributed by atoms with van der Waals surface area (Å²) >= 11 is 1.15. The summed E-state index contributed by atoms with van der Waals surface area (Å²) in [7, 11) is -1.12. The maximum absolute atomic E-state index is 13.5. The fourth-order valence-electron chi connectivity index (χ4n) is 5.28. The number of carbonyl (C=O) groups excluding carboxylic acids is 1.